The van der Waals surface area contributed by atoms with Crippen LogP contribution in [0.25, 0.3) is 0 Å². The smallest absolute Gasteiger partial charge is 0.234 e. The summed E-state index contributed by atoms with van der Waals surface area (Å²) in [4.78, 5) is 14.1. The van der Waals surface area contributed by atoms with Crippen molar-refractivity contribution < 1.29 is 4.79 Å². The van der Waals surface area contributed by atoms with Crippen molar-refractivity contribution in [1.29, 1.82) is 0 Å². The summed E-state index contributed by atoms with van der Waals surface area (Å²) in [5, 5.41) is 3.09. The lowest BCUT2D eigenvalue weighted by Crippen LogP contribution is -2.46. The number of hydrogen-bond donors (Lipinski definition) is 1. The van der Waals surface area contributed by atoms with Crippen LogP contribution in [0.5, 0.6) is 0 Å². The molecule has 0 aliphatic rings. The van der Waals surface area contributed by atoms with Crippen LogP contribution in [0.2, 0.25) is 0 Å². The van der Waals surface area contributed by atoms with Gasteiger partial charge in [0.25, 0.3) is 0 Å². The fraction of sp³-hybridized carbons (Fsp3) is 0.533. The van der Waals surface area contributed by atoms with E-state index >= 15 is 0 Å². The molecule has 0 aliphatic carbocycles. The molecule has 0 aromatic heterocycles. The molecule has 1 amide bonds. The molecule has 0 fully saturated rings. The minimum atomic E-state index is -0.328. The quantitative estimate of drug-likeness (QED) is 0.838. The highest BCUT2D eigenvalue weighted by molar-refractivity contribution is 5.79. The van der Waals surface area contributed by atoms with E-state index in [9.17, 15) is 4.79 Å². The van der Waals surface area contributed by atoms with Gasteiger partial charge in [-0.05, 0) is 32.5 Å². The summed E-state index contributed by atoms with van der Waals surface area (Å²) in [7, 11) is 0. The van der Waals surface area contributed by atoms with E-state index in [0.29, 0.717) is 6.54 Å². The summed E-state index contributed by atoms with van der Waals surface area (Å²) in [6.07, 6.45) is 0. The van der Waals surface area contributed by atoms with E-state index in [0.717, 1.165) is 18.7 Å². The Morgan fingerprint density at radius 3 is 2.22 bits per heavy atom. The molecule has 0 aliphatic heterocycles. The first kappa shape index (κ1) is 14.7. The number of likely N-dealkylation sites (N-methyl/N-ethyl adjacent to an activating group) is 1. The Morgan fingerprint density at radius 2 is 1.72 bits per heavy atom. The van der Waals surface area contributed by atoms with Crippen LogP contribution in [0.4, 0.5) is 0 Å². The van der Waals surface area contributed by atoms with Gasteiger partial charge in [-0.2, -0.15) is 0 Å². The van der Waals surface area contributed by atoms with Gasteiger partial charge in [0.2, 0.25) is 5.91 Å². The van der Waals surface area contributed by atoms with Crippen molar-refractivity contribution in [2.24, 2.45) is 0 Å². The van der Waals surface area contributed by atoms with E-state index < -0.39 is 0 Å². The summed E-state index contributed by atoms with van der Waals surface area (Å²) in [5.74, 6) is 0.0764. The van der Waals surface area contributed by atoms with Gasteiger partial charge in [0.05, 0.1) is 12.1 Å². The number of rotatable bonds is 6. The van der Waals surface area contributed by atoms with E-state index in [1.54, 1.807) is 0 Å². The Labute approximate surface area is 110 Å². The zero-order valence-electron chi connectivity index (χ0n) is 11.9. The summed E-state index contributed by atoms with van der Waals surface area (Å²) in [5.41, 5.74) is 0.795. The Balaban J connectivity index is 2.63. The standard InChI is InChI=1S/C15H24N2O/c1-5-17(6-2)12-14(18)16-15(3,4)13-10-8-7-9-11-13/h7-11H,5-6,12H2,1-4H3,(H,16,18). The number of carbonyl (C=O) groups is 1. The molecule has 1 rings (SSSR count). The van der Waals surface area contributed by atoms with Crippen molar-refractivity contribution in [3.63, 3.8) is 0 Å². The molecule has 1 N–H and O–H groups in total. The van der Waals surface area contributed by atoms with E-state index in [-0.39, 0.29) is 11.4 Å². The molecule has 100 valence electrons. The van der Waals surface area contributed by atoms with Gasteiger partial charge < -0.3 is 5.32 Å². The lowest BCUT2D eigenvalue weighted by molar-refractivity contribution is -0.123. The summed E-state index contributed by atoms with van der Waals surface area (Å²) in [6.45, 7) is 10.5. The van der Waals surface area contributed by atoms with Crippen molar-refractivity contribution in [3.8, 4) is 0 Å². The predicted octanol–water partition coefficient (Wildman–Crippen LogP) is 2.38. The minimum Gasteiger partial charge on any atom is -0.346 e. The topological polar surface area (TPSA) is 32.3 Å². The van der Waals surface area contributed by atoms with Gasteiger partial charge in [-0.3, -0.25) is 9.69 Å². The highest BCUT2D eigenvalue weighted by atomic mass is 16.2. The third-order valence-corrected chi connectivity index (χ3v) is 3.21. The number of benzene rings is 1. The van der Waals surface area contributed by atoms with Gasteiger partial charge in [-0.1, -0.05) is 44.2 Å². The largest absolute Gasteiger partial charge is 0.346 e. The van der Waals surface area contributed by atoms with Gasteiger partial charge in [-0.15, -0.1) is 0 Å². The minimum absolute atomic E-state index is 0.0764. The molecule has 1 aromatic carbocycles. The van der Waals surface area contributed by atoms with E-state index in [1.165, 1.54) is 0 Å². The van der Waals surface area contributed by atoms with Crippen LogP contribution in [-0.4, -0.2) is 30.4 Å². The molecule has 0 atom stereocenters. The van der Waals surface area contributed by atoms with E-state index in [4.69, 9.17) is 0 Å². The Bertz CT molecular complexity index is 369. The highest BCUT2D eigenvalue weighted by Gasteiger charge is 2.22. The van der Waals surface area contributed by atoms with Crippen molar-refractivity contribution in [1.82, 2.24) is 10.2 Å². The molecule has 1 aromatic rings. The first-order valence-electron chi connectivity index (χ1n) is 6.58. The zero-order chi connectivity index (χ0) is 13.6. The van der Waals surface area contributed by atoms with Gasteiger partial charge in [0.15, 0.2) is 0 Å². The molecule has 3 nitrogen and oxygen atoms in total. The fourth-order valence-electron chi connectivity index (χ4n) is 1.97. The molecule has 3 heteroatoms. The Morgan fingerprint density at radius 1 is 1.17 bits per heavy atom. The molecule has 0 saturated heterocycles. The third-order valence-electron chi connectivity index (χ3n) is 3.21. The second-order valence-corrected chi connectivity index (χ2v) is 5.00. The molecule has 0 saturated carbocycles. The van der Waals surface area contributed by atoms with Crippen LogP contribution in [0, 0.1) is 0 Å². The van der Waals surface area contributed by atoms with Crippen molar-refractivity contribution in [3.05, 3.63) is 35.9 Å². The molecule has 18 heavy (non-hydrogen) atoms. The maximum atomic E-state index is 12.0. The number of carbonyl (C=O) groups excluding carboxylic acids is 1. The maximum absolute atomic E-state index is 12.0. The molecule has 0 radical (unpaired) electrons. The Kier molecular flexibility index (Phi) is 5.35. The zero-order valence-corrected chi connectivity index (χ0v) is 11.9. The van der Waals surface area contributed by atoms with E-state index in [1.807, 2.05) is 44.2 Å². The maximum Gasteiger partial charge on any atom is 0.234 e. The average Bonchev–Trinajstić information content (AvgIpc) is 2.36. The first-order chi connectivity index (χ1) is 8.49. The lowest BCUT2D eigenvalue weighted by atomic mass is 9.94. The summed E-state index contributed by atoms with van der Waals surface area (Å²) >= 11 is 0. The predicted molar refractivity (Wildman–Crippen MR) is 75.4 cm³/mol. The number of amides is 1. The van der Waals surface area contributed by atoms with E-state index in [2.05, 4.69) is 24.1 Å². The second-order valence-electron chi connectivity index (χ2n) is 5.00. The molecule has 0 bridgehead atoms. The fourth-order valence-corrected chi connectivity index (χ4v) is 1.97. The van der Waals surface area contributed by atoms with Crippen LogP contribution in [0.3, 0.4) is 0 Å². The first-order valence-corrected chi connectivity index (χ1v) is 6.58. The second kappa shape index (κ2) is 6.55. The van der Waals surface area contributed by atoms with Crippen LogP contribution in [0.15, 0.2) is 30.3 Å². The molecule has 0 heterocycles. The SMILES string of the molecule is CCN(CC)CC(=O)NC(C)(C)c1ccccc1. The number of hydrogen-bond acceptors (Lipinski definition) is 2. The third kappa shape index (κ3) is 4.15. The van der Waals surface area contributed by atoms with Crippen molar-refractivity contribution in [2.45, 2.75) is 33.2 Å². The van der Waals surface area contributed by atoms with Gasteiger partial charge in [-0.25, -0.2) is 0 Å². The molecular formula is C15H24N2O. The van der Waals surface area contributed by atoms with Crippen molar-refractivity contribution in [2.75, 3.05) is 19.6 Å². The Hall–Kier alpha value is -1.35. The average molecular weight is 248 g/mol. The van der Waals surface area contributed by atoms with Gasteiger partial charge >= 0.3 is 0 Å². The molecule has 0 unspecified atom stereocenters. The summed E-state index contributed by atoms with van der Waals surface area (Å²) in [6, 6.07) is 10.0. The molecular weight excluding hydrogens is 224 g/mol. The number of nitrogens with one attached hydrogen (secondary N) is 1. The normalized spacial score (nSPS) is 11.6. The monoisotopic (exact) mass is 248 g/mol. The highest BCUT2D eigenvalue weighted by Crippen LogP contribution is 2.19. The van der Waals surface area contributed by atoms with Crippen LogP contribution in [0.1, 0.15) is 33.3 Å². The summed E-state index contributed by atoms with van der Waals surface area (Å²) < 4.78 is 0. The van der Waals surface area contributed by atoms with Gasteiger partial charge in [0, 0.05) is 0 Å². The van der Waals surface area contributed by atoms with Crippen LogP contribution < -0.4 is 5.32 Å². The van der Waals surface area contributed by atoms with Crippen LogP contribution >= 0.6 is 0 Å². The van der Waals surface area contributed by atoms with Crippen LogP contribution in [-0.2, 0) is 10.3 Å². The lowest BCUT2D eigenvalue weighted by Gasteiger charge is -2.28. The van der Waals surface area contributed by atoms with Gasteiger partial charge in [0.1, 0.15) is 0 Å². The van der Waals surface area contributed by atoms with Crippen molar-refractivity contribution >= 4 is 5.91 Å². The molecule has 0 spiro atoms. The number of nitrogens with zero attached hydrogens (tertiary/aromatic N) is 1.